The Balaban J connectivity index is 1.53. The predicted octanol–water partition coefficient (Wildman–Crippen LogP) is 3.18. The molecule has 0 bridgehead atoms. The number of fused-ring (bicyclic) bond motifs is 1. The summed E-state index contributed by atoms with van der Waals surface area (Å²) < 4.78 is 34.5. The fourth-order valence-corrected chi connectivity index (χ4v) is 6.04. The van der Waals surface area contributed by atoms with Crippen molar-refractivity contribution in [3.63, 3.8) is 0 Å². The third kappa shape index (κ3) is 4.37. The molecule has 0 saturated carbocycles. The minimum atomic E-state index is -3.56. The van der Waals surface area contributed by atoms with E-state index in [0.29, 0.717) is 31.9 Å². The fraction of sp³-hybridized carbons (Fsp3) is 0.400. The normalized spacial score (nSPS) is 14.7. The number of rotatable bonds is 7. The lowest BCUT2D eigenvalue weighted by Gasteiger charge is -2.36. The van der Waals surface area contributed by atoms with Gasteiger partial charge >= 0.3 is 0 Å². The van der Waals surface area contributed by atoms with Gasteiger partial charge in [0.1, 0.15) is 11.4 Å². The number of aromatic nitrogens is 1. The molecule has 0 unspecified atom stereocenters. The maximum atomic E-state index is 13.4. The van der Waals surface area contributed by atoms with Gasteiger partial charge in [-0.2, -0.15) is 4.31 Å². The lowest BCUT2D eigenvalue weighted by atomic mass is 10.2. The van der Waals surface area contributed by atoms with Crippen LogP contribution in [0.3, 0.4) is 0 Å². The number of aryl methyl sites for hydroxylation is 1. The van der Waals surface area contributed by atoms with Crippen LogP contribution in [-0.2, 0) is 17.1 Å². The molecule has 0 N–H and O–H groups in total. The van der Waals surface area contributed by atoms with Crippen molar-refractivity contribution in [3.8, 4) is 5.75 Å². The molecule has 1 amide bonds. The van der Waals surface area contributed by atoms with Gasteiger partial charge in [0.25, 0.3) is 5.91 Å². The molecule has 0 aliphatic carbocycles. The molecule has 9 heteroatoms. The van der Waals surface area contributed by atoms with E-state index in [0.717, 1.165) is 35.4 Å². The van der Waals surface area contributed by atoms with Gasteiger partial charge in [-0.05, 0) is 36.4 Å². The Morgan fingerprint density at radius 2 is 1.71 bits per heavy atom. The average molecular weight is 485 g/mol. The van der Waals surface area contributed by atoms with Crippen molar-refractivity contribution in [1.82, 2.24) is 13.8 Å². The van der Waals surface area contributed by atoms with Crippen LogP contribution in [0.15, 0.2) is 53.4 Å². The third-order valence-electron chi connectivity index (χ3n) is 6.56. The van der Waals surface area contributed by atoms with Crippen molar-refractivity contribution < 1.29 is 17.9 Å². The summed E-state index contributed by atoms with van der Waals surface area (Å²) >= 11 is 0. The third-order valence-corrected chi connectivity index (χ3v) is 8.61. The minimum Gasteiger partial charge on any atom is -0.497 e. The molecule has 8 nitrogen and oxygen atoms in total. The maximum absolute atomic E-state index is 13.4. The molecule has 1 saturated heterocycles. The van der Waals surface area contributed by atoms with Crippen LogP contribution in [0.4, 0.5) is 5.69 Å². The first-order chi connectivity index (χ1) is 16.3. The highest BCUT2D eigenvalue weighted by atomic mass is 32.2. The smallest absolute Gasteiger partial charge is 0.270 e. The molecule has 34 heavy (non-hydrogen) atoms. The SMILES string of the molecule is CCN(CC)S(=O)(=O)c1ccc2c(c1)cc(C(=O)N1CCN(c3cccc(OC)c3)CC1)n2C. The predicted molar refractivity (Wildman–Crippen MR) is 134 cm³/mol. The Labute approximate surface area is 201 Å². The summed E-state index contributed by atoms with van der Waals surface area (Å²) in [4.78, 5) is 17.7. The topological polar surface area (TPSA) is 75.1 Å². The highest BCUT2D eigenvalue weighted by Gasteiger charge is 2.26. The molecule has 1 aliphatic rings. The summed E-state index contributed by atoms with van der Waals surface area (Å²) in [5.41, 5.74) is 2.47. The second kappa shape index (κ2) is 9.68. The number of hydrogen-bond acceptors (Lipinski definition) is 5. The number of hydrogen-bond donors (Lipinski definition) is 0. The fourth-order valence-electron chi connectivity index (χ4n) is 4.54. The molecule has 2 heterocycles. The van der Waals surface area contributed by atoms with Crippen molar-refractivity contribution in [2.45, 2.75) is 18.7 Å². The first-order valence-corrected chi connectivity index (χ1v) is 13.0. The standard InChI is InChI=1S/C25H32N4O4S/c1-5-29(6-2)34(31,32)22-10-11-23-19(16-22)17-24(26(23)3)25(30)28-14-12-27(13-15-28)20-8-7-9-21(18-20)33-4/h7-11,16-18H,5-6,12-15H2,1-4H3. The van der Waals surface area contributed by atoms with E-state index in [1.165, 1.54) is 4.31 Å². The van der Waals surface area contributed by atoms with Gasteiger partial charge in [-0.25, -0.2) is 8.42 Å². The van der Waals surface area contributed by atoms with Crippen LogP contribution in [0.25, 0.3) is 10.9 Å². The van der Waals surface area contributed by atoms with Crippen LogP contribution in [0.2, 0.25) is 0 Å². The quantitative estimate of drug-likeness (QED) is 0.515. The highest BCUT2D eigenvalue weighted by Crippen LogP contribution is 2.26. The molecular weight excluding hydrogens is 452 g/mol. The van der Waals surface area contributed by atoms with Gasteiger partial charge < -0.3 is 19.1 Å². The van der Waals surface area contributed by atoms with E-state index >= 15 is 0 Å². The van der Waals surface area contributed by atoms with Crippen molar-refractivity contribution in [2.24, 2.45) is 7.05 Å². The maximum Gasteiger partial charge on any atom is 0.270 e. The summed E-state index contributed by atoms with van der Waals surface area (Å²) in [5, 5.41) is 0.745. The Kier molecular flexibility index (Phi) is 6.86. The average Bonchev–Trinajstić information content (AvgIpc) is 3.20. The second-order valence-corrected chi connectivity index (χ2v) is 10.3. The van der Waals surface area contributed by atoms with Gasteiger partial charge in [-0.15, -0.1) is 0 Å². The van der Waals surface area contributed by atoms with Crippen molar-refractivity contribution in [2.75, 3.05) is 51.3 Å². The zero-order chi connectivity index (χ0) is 24.5. The van der Waals surface area contributed by atoms with E-state index in [1.54, 1.807) is 31.4 Å². The molecule has 1 fully saturated rings. The summed E-state index contributed by atoms with van der Waals surface area (Å²) in [6.45, 7) is 7.16. The lowest BCUT2D eigenvalue weighted by Crippen LogP contribution is -2.49. The van der Waals surface area contributed by atoms with Crippen LogP contribution in [-0.4, -0.2) is 74.5 Å². The number of amides is 1. The van der Waals surface area contributed by atoms with Crippen LogP contribution < -0.4 is 9.64 Å². The van der Waals surface area contributed by atoms with Gasteiger partial charge in [-0.3, -0.25) is 4.79 Å². The van der Waals surface area contributed by atoms with E-state index < -0.39 is 10.0 Å². The zero-order valence-electron chi connectivity index (χ0n) is 20.2. The number of sulfonamides is 1. The summed E-state index contributed by atoms with van der Waals surface area (Å²) in [7, 11) is -0.0581. The number of methoxy groups -OCH3 is 1. The zero-order valence-corrected chi connectivity index (χ0v) is 21.0. The summed E-state index contributed by atoms with van der Waals surface area (Å²) in [6.07, 6.45) is 0. The summed E-state index contributed by atoms with van der Waals surface area (Å²) in [5.74, 6) is 0.769. The number of carbonyl (C=O) groups excluding carboxylic acids is 1. The first kappa shape index (κ1) is 24.1. The van der Waals surface area contributed by atoms with Crippen LogP contribution in [0.1, 0.15) is 24.3 Å². The highest BCUT2D eigenvalue weighted by molar-refractivity contribution is 7.89. The van der Waals surface area contributed by atoms with Crippen LogP contribution >= 0.6 is 0 Å². The van der Waals surface area contributed by atoms with Gasteiger partial charge in [0.05, 0.1) is 12.0 Å². The molecule has 0 atom stereocenters. The van der Waals surface area contributed by atoms with E-state index in [4.69, 9.17) is 4.74 Å². The second-order valence-electron chi connectivity index (χ2n) is 8.38. The van der Waals surface area contributed by atoms with Crippen molar-refractivity contribution in [1.29, 1.82) is 0 Å². The monoisotopic (exact) mass is 484 g/mol. The summed E-state index contributed by atoms with van der Waals surface area (Å²) in [6, 6.07) is 14.8. The minimum absolute atomic E-state index is 0.0443. The molecule has 0 radical (unpaired) electrons. The Bertz CT molecular complexity index is 1290. The van der Waals surface area contributed by atoms with E-state index in [2.05, 4.69) is 4.90 Å². The largest absolute Gasteiger partial charge is 0.497 e. The number of carbonyl (C=O) groups is 1. The number of benzene rings is 2. The first-order valence-electron chi connectivity index (χ1n) is 11.6. The number of piperazine rings is 1. The number of ether oxygens (including phenoxy) is 1. The van der Waals surface area contributed by atoms with Gasteiger partial charge in [0.15, 0.2) is 0 Å². The molecule has 1 aromatic heterocycles. The molecule has 182 valence electrons. The van der Waals surface area contributed by atoms with Gasteiger partial charge in [-0.1, -0.05) is 19.9 Å². The molecule has 1 aliphatic heterocycles. The molecular formula is C25H32N4O4S. The van der Waals surface area contributed by atoms with E-state index in [-0.39, 0.29) is 10.8 Å². The number of nitrogens with zero attached hydrogens (tertiary/aromatic N) is 4. The van der Waals surface area contributed by atoms with E-state index in [1.807, 2.05) is 54.6 Å². The van der Waals surface area contributed by atoms with Crippen LogP contribution in [0.5, 0.6) is 5.75 Å². The Morgan fingerprint density at radius 1 is 1.00 bits per heavy atom. The molecule has 2 aromatic carbocycles. The van der Waals surface area contributed by atoms with E-state index in [9.17, 15) is 13.2 Å². The van der Waals surface area contributed by atoms with Gasteiger partial charge in [0, 0.05) is 69.0 Å². The molecule has 3 aromatic rings. The Hall–Kier alpha value is -3.04. The van der Waals surface area contributed by atoms with Crippen molar-refractivity contribution in [3.05, 3.63) is 54.2 Å². The Morgan fingerprint density at radius 3 is 2.35 bits per heavy atom. The van der Waals surface area contributed by atoms with Gasteiger partial charge in [0.2, 0.25) is 10.0 Å². The van der Waals surface area contributed by atoms with Crippen molar-refractivity contribution >= 4 is 32.5 Å². The molecule has 4 rings (SSSR count). The molecule has 0 spiro atoms. The van der Waals surface area contributed by atoms with Crippen LogP contribution in [0, 0.1) is 0 Å². The lowest BCUT2D eigenvalue weighted by molar-refractivity contribution is 0.0737. The number of anilines is 1.